The number of hydrogen-bond donors (Lipinski definition) is 1. The maximum Gasteiger partial charge on any atom is 0.141 e. The Bertz CT molecular complexity index is 330. The van der Waals surface area contributed by atoms with Crippen molar-refractivity contribution in [2.24, 2.45) is 24.6 Å². The van der Waals surface area contributed by atoms with Crippen LogP contribution in [0.2, 0.25) is 0 Å². The molecule has 1 aromatic rings. The second-order valence-electron chi connectivity index (χ2n) is 4.25. The number of ketones is 1. The van der Waals surface area contributed by atoms with E-state index in [-0.39, 0.29) is 11.7 Å². The lowest BCUT2D eigenvalue weighted by atomic mass is 9.89. The summed E-state index contributed by atoms with van der Waals surface area (Å²) in [4.78, 5) is 11.9. The molecule has 0 aliphatic carbocycles. The number of Topliss-reactive ketones (excluding diaryl/α,β-unsaturated/α-hetero) is 1. The molecule has 0 spiro atoms. The first kappa shape index (κ1) is 11.9. The second-order valence-corrected chi connectivity index (χ2v) is 4.25. The van der Waals surface area contributed by atoms with Crippen LogP contribution >= 0.6 is 0 Å². The zero-order valence-corrected chi connectivity index (χ0v) is 9.60. The van der Waals surface area contributed by atoms with Crippen molar-refractivity contribution in [3.05, 3.63) is 18.0 Å². The van der Waals surface area contributed by atoms with Crippen molar-refractivity contribution < 1.29 is 4.79 Å². The molecule has 4 heteroatoms. The van der Waals surface area contributed by atoms with Crippen LogP contribution in [0.3, 0.4) is 0 Å². The SMILES string of the molecule is CC(C)C(CN)C(=O)Cc1cnn(C)c1. The van der Waals surface area contributed by atoms with Crippen LogP contribution in [0, 0.1) is 11.8 Å². The van der Waals surface area contributed by atoms with Crippen molar-refractivity contribution in [2.75, 3.05) is 6.54 Å². The van der Waals surface area contributed by atoms with E-state index in [4.69, 9.17) is 5.73 Å². The Balaban J connectivity index is 2.62. The van der Waals surface area contributed by atoms with Crippen LogP contribution < -0.4 is 5.73 Å². The summed E-state index contributed by atoms with van der Waals surface area (Å²) < 4.78 is 1.70. The van der Waals surface area contributed by atoms with Crippen molar-refractivity contribution in [1.29, 1.82) is 0 Å². The number of hydrogen-bond acceptors (Lipinski definition) is 3. The second kappa shape index (κ2) is 5.07. The fourth-order valence-electron chi connectivity index (χ4n) is 1.67. The fraction of sp³-hybridized carbons (Fsp3) is 0.636. The van der Waals surface area contributed by atoms with Crippen LogP contribution in [0.25, 0.3) is 0 Å². The minimum Gasteiger partial charge on any atom is -0.330 e. The first-order valence-electron chi connectivity index (χ1n) is 5.25. The lowest BCUT2D eigenvalue weighted by molar-refractivity contribution is -0.123. The highest BCUT2D eigenvalue weighted by molar-refractivity contribution is 5.83. The van der Waals surface area contributed by atoms with Gasteiger partial charge in [-0.2, -0.15) is 5.10 Å². The average Bonchev–Trinajstić information content (AvgIpc) is 2.51. The van der Waals surface area contributed by atoms with Crippen LogP contribution in [-0.2, 0) is 18.3 Å². The highest BCUT2D eigenvalue weighted by atomic mass is 16.1. The Labute approximate surface area is 90.5 Å². The highest BCUT2D eigenvalue weighted by Gasteiger charge is 2.20. The molecule has 0 radical (unpaired) electrons. The average molecular weight is 209 g/mol. The van der Waals surface area contributed by atoms with E-state index >= 15 is 0 Å². The molecule has 0 bridgehead atoms. The molecule has 15 heavy (non-hydrogen) atoms. The number of rotatable bonds is 5. The van der Waals surface area contributed by atoms with Gasteiger partial charge in [0.25, 0.3) is 0 Å². The summed E-state index contributed by atoms with van der Waals surface area (Å²) in [7, 11) is 1.84. The van der Waals surface area contributed by atoms with Crippen molar-refractivity contribution in [1.82, 2.24) is 9.78 Å². The highest BCUT2D eigenvalue weighted by Crippen LogP contribution is 2.13. The minimum absolute atomic E-state index is 0.0368. The van der Waals surface area contributed by atoms with E-state index < -0.39 is 0 Å². The van der Waals surface area contributed by atoms with Gasteiger partial charge in [0.05, 0.1) is 6.20 Å². The molecule has 0 saturated heterocycles. The Morgan fingerprint density at radius 1 is 1.60 bits per heavy atom. The van der Waals surface area contributed by atoms with Crippen LogP contribution in [0.5, 0.6) is 0 Å². The van der Waals surface area contributed by atoms with Gasteiger partial charge < -0.3 is 5.73 Å². The quantitative estimate of drug-likeness (QED) is 0.779. The molecule has 0 aliphatic rings. The van der Waals surface area contributed by atoms with E-state index in [0.29, 0.717) is 18.9 Å². The fourth-order valence-corrected chi connectivity index (χ4v) is 1.67. The van der Waals surface area contributed by atoms with Gasteiger partial charge in [0.2, 0.25) is 0 Å². The van der Waals surface area contributed by atoms with Crippen LogP contribution in [0.15, 0.2) is 12.4 Å². The van der Waals surface area contributed by atoms with Gasteiger partial charge in [-0.05, 0) is 11.5 Å². The number of aryl methyl sites for hydroxylation is 1. The third-order valence-electron chi connectivity index (χ3n) is 2.61. The number of carbonyl (C=O) groups excluding carboxylic acids is 1. The standard InChI is InChI=1S/C11H19N3O/c1-8(2)10(5-12)11(15)4-9-6-13-14(3)7-9/h6-8,10H,4-5,12H2,1-3H3. The molecule has 0 aliphatic heterocycles. The summed E-state index contributed by atoms with van der Waals surface area (Å²) in [6.45, 7) is 4.48. The third-order valence-corrected chi connectivity index (χ3v) is 2.61. The molecule has 84 valence electrons. The smallest absolute Gasteiger partial charge is 0.141 e. The molecule has 2 N–H and O–H groups in total. The van der Waals surface area contributed by atoms with E-state index in [9.17, 15) is 4.79 Å². The molecule has 1 rings (SSSR count). The Hall–Kier alpha value is -1.16. The van der Waals surface area contributed by atoms with Crippen LogP contribution in [0.4, 0.5) is 0 Å². The largest absolute Gasteiger partial charge is 0.330 e. The maximum atomic E-state index is 11.9. The summed E-state index contributed by atoms with van der Waals surface area (Å²) in [6, 6.07) is 0. The molecular weight excluding hydrogens is 190 g/mol. The molecule has 0 saturated carbocycles. The molecule has 0 aromatic carbocycles. The van der Waals surface area contributed by atoms with E-state index in [1.165, 1.54) is 0 Å². The topological polar surface area (TPSA) is 60.9 Å². The number of nitrogens with two attached hydrogens (primary N) is 1. The van der Waals surface area contributed by atoms with E-state index in [1.807, 2.05) is 27.1 Å². The predicted molar refractivity (Wildman–Crippen MR) is 59.3 cm³/mol. The van der Waals surface area contributed by atoms with Gasteiger partial charge >= 0.3 is 0 Å². The van der Waals surface area contributed by atoms with Gasteiger partial charge in [-0.3, -0.25) is 9.48 Å². The zero-order chi connectivity index (χ0) is 11.4. The van der Waals surface area contributed by atoms with Crippen molar-refractivity contribution >= 4 is 5.78 Å². The summed E-state index contributed by atoms with van der Waals surface area (Å²) in [6.07, 6.45) is 4.03. The molecule has 0 fully saturated rings. The summed E-state index contributed by atoms with van der Waals surface area (Å²) in [5, 5.41) is 4.03. The number of carbonyl (C=O) groups is 1. The number of aromatic nitrogens is 2. The molecule has 1 aromatic heterocycles. The minimum atomic E-state index is -0.0368. The maximum absolute atomic E-state index is 11.9. The third kappa shape index (κ3) is 3.16. The summed E-state index contributed by atoms with van der Waals surface area (Å²) in [5.41, 5.74) is 6.55. The van der Waals surface area contributed by atoms with Crippen molar-refractivity contribution in [3.8, 4) is 0 Å². The van der Waals surface area contributed by atoms with Crippen molar-refractivity contribution in [2.45, 2.75) is 20.3 Å². The molecule has 0 amide bonds. The Kier molecular flexibility index (Phi) is 4.03. The van der Waals surface area contributed by atoms with Gasteiger partial charge in [0, 0.05) is 32.1 Å². The predicted octanol–water partition coefficient (Wildman–Crippen LogP) is 0.763. The van der Waals surface area contributed by atoms with Crippen LogP contribution in [0.1, 0.15) is 19.4 Å². The van der Waals surface area contributed by atoms with E-state index in [2.05, 4.69) is 5.10 Å². The first-order valence-corrected chi connectivity index (χ1v) is 5.25. The van der Waals surface area contributed by atoms with Gasteiger partial charge in [0.15, 0.2) is 0 Å². The van der Waals surface area contributed by atoms with E-state index in [1.54, 1.807) is 10.9 Å². The van der Waals surface area contributed by atoms with Crippen LogP contribution in [-0.4, -0.2) is 22.1 Å². The lowest BCUT2D eigenvalue weighted by Gasteiger charge is -2.16. The molecule has 1 heterocycles. The molecule has 1 unspecified atom stereocenters. The Morgan fingerprint density at radius 3 is 2.67 bits per heavy atom. The van der Waals surface area contributed by atoms with Gasteiger partial charge in [-0.25, -0.2) is 0 Å². The van der Waals surface area contributed by atoms with Crippen molar-refractivity contribution in [3.63, 3.8) is 0 Å². The van der Waals surface area contributed by atoms with Gasteiger partial charge in [0.1, 0.15) is 5.78 Å². The molecule has 4 nitrogen and oxygen atoms in total. The van der Waals surface area contributed by atoms with Gasteiger partial charge in [-0.15, -0.1) is 0 Å². The Morgan fingerprint density at radius 2 is 2.27 bits per heavy atom. The molecule has 1 atom stereocenters. The van der Waals surface area contributed by atoms with Gasteiger partial charge in [-0.1, -0.05) is 13.8 Å². The monoisotopic (exact) mass is 209 g/mol. The summed E-state index contributed by atoms with van der Waals surface area (Å²) in [5.74, 6) is 0.477. The zero-order valence-electron chi connectivity index (χ0n) is 9.60. The number of nitrogens with zero attached hydrogens (tertiary/aromatic N) is 2. The first-order chi connectivity index (χ1) is 7.04. The summed E-state index contributed by atoms with van der Waals surface area (Å²) >= 11 is 0. The molecular formula is C11H19N3O. The van der Waals surface area contributed by atoms with E-state index in [0.717, 1.165) is 5.56 Å². The normalized spacial score (nSPS) is 13.1. The lowest BCUT2D eigenvalue weighted by Crippen LogP contribution is -2.29.